The maximum atomic E-state index is 12.8. The van der Waals surface area contributed by atoms with Gasteiger partial charge >= 0.3 is 6.18 Å². The first-order valence-corrected chi connectivity index (χ1v) is 5.36. The molecule has 0 amide bonds. The lowest BCUT2D eigenvalue weighted by atomic mass is 10.1. The molecule has 1 unspecified atom stereocenters. The number of nitrogens with one attached hydrogen (secondary N) is 1. The molecule has 1 atom stereocenters. The summed E-state index contributed by atoms with van der Waals surface area (Å²) in [4.78, 5) is 9.65. The van der Waals surface area contributed by atoms with Gasteiger partial charge < -0.3 is 10.1 Å². The maximum Gasteiger partial charge on any atom is 0.418 e. The van der Waals surface area contributed by atoms with E-state index >= 15 is 0 Å². The summed E-state index contributed by atoms with van der Waals surface area (Å²) in [6.45, 7) is 1.86. The number of anilines is 1. The van der Waals surface area contributed by atoms with E-state index in [9.17, 15) is 23.3 Å². The number of nitro groups is 1. The molecule has 0 spiro atoms. The van der Waals surface area contributed by atoms with Crippen LogP contribution in [-0.2, 0) is 10.9 Å². The summed E-state index contributed by atoms with van der Waals surface area (Å²) in [5, 5.41) is 13.1. The molecule has 1 rings (SSSR count). The molecule has 8 heteroatoms. The number of hydrogen-bond donors (Lipinski definition) is 1. The molecule has 0 heterocycles. The summed E-state index contributed by atoms with van der Waals surface area (Å²) in [5.41, 5.74) is -1.87. The van der Waals surface area contributed by atoms with Crippen LogP contribution < -0.4 is 5.32 Å². The standard InChI is InChI=1S/C11H13F3N2O3/c1-7(6-19-2)15-10-4-3-8(16(17)18)5-9(10)11(12,13)14/h3-5,7,15H,6H2,1-2H3. The van der Waals surface area contributed by atoms with Gasteiger partial charge in [0.1, 0.15) is 0 Å². The van der Waals surface area contributed by atoms with Gasteiger partial charge in [0.05, 0.1) is 17.1 Å². The number of non-ortho nitro benzene ring substituents is 1. The van der Waals surface area contributed by atoms with Crippen molar-refractivity contribution in [3.8, 4) is 0 Å². The third-order valence-electron chi connectivity index (χ3n) is 2.34. The van der Waals surface area contributed by atoms with Gasteiger partial charge in [0, 0.05) is 31.0 Å². The number of hydrogen-bond acceptors (Lipinski definition) is 4. The summed E-state index contributed by atoms with van der Waals surface area (Å²) < 4.78 is 43.3. The molecule has 1 aromatic carbocycles. The molecule has 1 N–H and O–H groups in total. The third kappa shape index (κ3) is 4.09. The van der Waals surface area contributed by atoms with Crippen molar-refractivity contribution in [2.75, 3.05) is 19.0 Å². The smallest absolute Gasteiger partial charge is 0.383 e. The minimum Gasteiger partial charge on any atom is -0.383 e. The Morgan fingerprint density at radius 3 is 2.58 bits per heavy atom. The van der Waals surface area contributed by atoms with E-state index in [1.165, 1.54) is 7.11 Å². The lowest BCUT2D eigenvalue weighted by Crippen LogP contribution is -2.23. The number of alkyl halides is 3. The fraction of sp³-hybridized carbons (Fsp3) is 0.455. The van der Waals surface area contributed by atoms with E-state index in [1.807, 2.05) is 0 Å². The van der Waals surface area contributed by atoms with E-state index in [2.05, 4.69) is 5.32 Å². The van der Waals surface area contributed by atoms with Crippen LogP contribution in [0.4, 0.5) is 24.5 Å². The molecule has 0 saturated heterocycles. The van der Waals surface area contributed by atoms with Crippen molar-refractivity contribution in [2.24, 2.45) is 0 Å². The van der Waals surface area contributed by atoms with Crippen LogP contribution in [0.5, 0.6) is 0 Å². The lowest BCUT2D eigenvalue weighted by Gasteiger charge is -2.18. The predicted octanol–water partition coefficient (Wildman–Crippen LogP) is 3.06. The minimum absolute atomic E-state index is 0.206. The molecule has 19 heavy (non-hydrogen) atoms. The van der Waals surface area contributed by atoms with Crippen LogP contribution in [0, 0.1) is 10.1 Å². The molecular weight excluding hydrogens is 265 g/mol. The molecule has 1 aromatic rings. The molecule has 0 saturated carbocycles. The largest absolute Gasteiger partial charge is 0.418 e. The van der Waals surface area contributed by atoms with E-state index in [0.29, 0.717) is 6.07 Å². The molecule has 0 radical (unpaired) electrons. The number of nitrogens with zero attached hydrogens (tertiary/aromatic N) is 1. The van der Waals surface area contributed by atoms with Gasteiger partial charge in [-0.25, -0.2) is 0 Å². The SMILES string of the molecule is COCC(C)Nc1ccc([N+](=O)[O-])cc1C(F)(F)F. The molecule has 0 aliphatic heterocycles. The van der Waals surface area contributed by atoms with Gasteiger partial charge in [-0.05, 0) is 13.0 Å². The van der Waals surface area contributed by atoms with Crippen LogP contribution in [0.2, 0.25) is 0 Å². The first-order chi connectivity index (χ1) is 8.75. The van der Waals surface area contributed by atoms with Crippen LogP contribution in [0.3, 0.4) is 0 Å². The molecule has 5 nitrogen and oxygen atoms in total. The Hall–Kier alpha value is -1.83. The zero-order valence-electron chi connectivity index (χ0n) is 10.3. The number of benzene rings is 1. The highest BCUT2D eigenvalue weighted by Gasteiger charge is 2.35. The van der Waals surface area contributed by atoms with Crippen molar-refractivity contribution in [3.63, 3.8) is 0 Å². The Kier molecular flexibility index (Phi) is 4.71. The van der Waals surface area contributed by atoms with E-state index in [-0.39, 0.29) is 18.3 Å². The molecule has 0 aromatic heterocycles. The van der Waals surface area contributed by atoms with Crippen molar-refractivity contribution < 1.29 is 22.8 Å². The van der Waals surface area contributed by atoms with Crippen LogP contribution in [-0.4, -0.2) is 24.7 Å². The van der Waals surface area contributed by atoms with Crippen molar-refractivity contribution in [1.82, 2.24) is 0 Å². The fourth-order valence-electron chi connectivity index (χ4n) is 1.56. The number of methoxy groups -OCH3 is 1. The van der Waals surface area contributed by atoms with E-state index in [1.54, 1.807) is 6.92 Å². The summed E-state index contributed by atoms with van der Waals surface area (Å²) in [6, 6.07) is 2.24. The van der Waals surface area contributed by atoms with Crippen molar-refractivity contribution in [2.45, 2.75) is 19.1 Å². The van der Waals surface area contributed by atoms with Crippen molar-refractivity contribution in [3.05, 3.63) is 33.9 Å². The van der Waals surface area contributed by atoms with Gasteiger partial charge in [0.15, 0.2) is 0 Å². The summed E-state index contributed by atoms with van der Waals surface area (Å²) in [7, 11) is 1.43. The summed E-state index contributed by atoms with van der Waals surface area (Å²) >= 11 is 0. The highest BCUT2D eigenvalue weighted by molar-refractivity contribution is 5.57. The second-order valence-electron chi connectivity index (χ2n) is 3.99. The van der Waals surface area contributed by atoms with Crippen molar-refractivity contribution >= 4 is 11.4 Å². The van der Waals surface area contributed by atoms with Crippen molar-refractivity contribution in [1.29, 1.82) is 0 Å². The van der Waals surface area contributed by atoms with Gasteiger partial charge in [-0.3, -0.25) is 10.1 Å². The molecular formula is C11H13F3N2O3. The summed E-state index contributed by atoms with van der Waals surface area (Å²) in [6.07, 6.45) is -4.67. The highest BCUT2D eigenvalue weighted by atomic mass is 19.4. The number of nitro benzene ring substituents is 1. The monoisotopic (exact) mass is 278 g/mol. The topological polar surface area (TPSA) is 64.4 Å². The third-order valence-corrected chi connectivity index (χ3v) is 2.34. The Bertz CT molecular complexity index is 463. The number of rotatable bonds is 5. The molecule has 106 valence electrons. The maximum absolute atomic E-state index is 12.8. The Morgan fingerprint density at radius 2 is 2.11 bits per heavy atom. The molecule has 0 fully saturated rings. The van der Waals surface area contributed by atoms with Crippen LogP contribution >= 0.6 is 0 Å². The minimum atomic E-state index is -4.67. The highest BCUT2D eigenvalue weighted by Crippen LogP contribution is 2.37. The second-order valence-corrected chi connectivity index (χ2v) is 3.99. The molecule has 0 aliphatic rings. The zero-order chi connectivity index (χ0) is 14.6. The lowest BCUT2D eigenvalue weighted by molar-refractivity contribution is -0.385. The summed E-state index contributed by atoms with van der Waals surface area (Å²) in [5.74, 6) is 0. The fourth-order valence-corrected chi connectivity index (χ4v) is 1.56. The average Bonchev–Trinajstić information content (AvgIpc) is 2.27. The molecule has 0 bridgehead atoms. The first kappa shape index (κ1) is 15.2. The van der Waals surface area contributed by atoms with Crippen LogP contribution in [0.15, 0.2) is 18.2 Å². The predicted molar refractivity (Wildman–Crippen MR) is 63.1 cm³/mol. The van der Waals surface area contributed by atoms with Gasteiger partial charge in [0.25, 0.3) is 5.69 Å². The van der Waals surface area contributed by atoms with Crippen LogP contribution in [0.1, 0.15) is 12.5 Å². The Balaban J connectivity index is 3.13. The number of ether oxygens (including phenoxy) is 1. The van der Waals surface area contributed by atoms with E-state index in [0.717, 1.165) is 12.1 Å². The Labute approximate surface area is 107 Å². The molecule has 0 aliphatic carbocycles. The van der Waals surface area contributed by atoms with Gasteiger partial charge in [-0.1, -0.05) is 0 Å². The Morgan fingerprint density at radius 1 is 1.47 bits per heavy atom. The van der Waals surface area contributed by atoms with E-state index < -0.39 is 22.4 Å². The van der Waals surface area contributed by atoms with Gasteiger partial charge in [-0.15, -0.1) is 0 Å². The van der Waals surface area contributed by atoms with Gasteiger partial charge in [-0.2, -0.15) is 13.2 Å². The quantitative estimate of drug-likeness (QED) is 0.664. The average molecular weight is 278 g/mol. The normalized spacial score (nSPS) is 13.1. The zero-order valence-corrected chi connectivity index (χ0v) is 10.3. The van der Waals surface area contributed by atoms with Gasteiger partial charge in [0.2, 0.25) is 0 Å². The van der Waals surface area contributed by atoms with E-state index in [4.69, 9.17) is 4.74 Å². The second kappa shape index (κ2) is 5.87. The van der Waals surface area contributed by atoms with Crippen LogP contribution in [0.25, 0.3) is 0 Å². The number of halogens is 3. The first-order valence-electron chi connectivity index (χ1n) is 5.36.